The van der Waals surface area contributed by atoms with Gasteiger partial charge in [0.1, 0.15) is 0 Å². The van der Waals surface area contributed by atoms with Gasteiger partial charge < -0.3 is 0 Å². The normalized spacial score (nSPS) is 11.7. The van der Waals surface area contributed by atoms with Crippen molar-refractivity contribution in [1.82, 2.24) is 0 Å². The highest BCUT2D eigenvalue weighted by molar-refractivity contribution is 6.30. The first-order chi connectivity index (χ1) is 22.3. The highest BCUT2D eigenvalue weighted by Crippen LogP contribution is 2.48. The predicted octanol–water partition coefficient (Wildman–Crippen LogP) is 12.8. The fourth-order valence-corrected chi connectivity index (χ4v) is 7.71. The van der Waals surface area contributed by atoms with E-state index in [0.29, 0.717) is 0 Å². The first kappa shape index (κ1) is 25.7. The zero-order valence-corrected chi connectivity index (χ0v) is 25.1. The van der Waals surface area contributed by atoms with Gasteiger partial charge in [0.2, 0.25) is 0 Å². The molecule has 0 unspecified atom stereocenters. The maximum Gasteiger partial charge on any atom is -0.00139 e. The van der Waals surface area contributed by atoms with Crippen LogP contribution in [0, 0.1) is 6.92 Å². The molecule has 0 saturated heterocycles. The molecule has 9 rings (SSSR count). The Kier molecular flexibility index (Phi) is 5.83. The maximum absolute atomic E-state index is 2.38. The Morgan fingerprint density at radius 3 is 1.27 bits per heavy atom. The summed E-state index contributed by atoms with van der Waals surface area (Å²) < 4.78 is 0. The van der Waals surface area contributed by atoms with E-state index in [1.807, 2.05) is 0 Å². The van der Waals surface area contributed by atoms with E-state index in [-0.39, 0.29) is 0 Å². The number of fused-ring (bicyclic) bond motifs is 6. The Labute approximate surface area is 262 Å². The Balaban J connectivity index is 1.51. The average molecular weight is 571 g/mol. The van der Waals surface area contributed by atoms with Crippen molar-refractivity contribution in [2.24, 2.45) is 0 Å². The topological polar surface area (TPSA) is 0 Å². The highest BCUT2D eigenvalue weighted by atomic mass is 14.2. The fourth-order valence-electron chi connectivity index (χ4n) is 7.71. The summed E-state index contributed by atoms with van der Waals surface area (Å²) in [7, 11) is 0. The number of hydrogen-bond acceptors (Lipinski definition) is 0. The average Bonchev–Trinajstić information content (AvgIpc) is 3.11. The quantitative estimate of drug-likeness (QED) is 0.146. The number of rotatable bonds is 3. The molecule has 0 saturated carbocycles. The molecule has 0 heteroatoms. The van der Waals surface area contributed by atoms with Crippen LogP contribution < -0.4 is 0 Å². The van der Waals surface area contributed by atoms with Crippen molar-refractivity contribution in [1.29, 1.82) is 0 Å². The van der Waals surface area contributed by atoms with E-state index in [1.54, 1.807) is 0 Å². The summed E-state index contributed by atoms with van der Waals surface area (Å²) in [5.41, 5.74) is 8.98. The van der Waals surface area contributed by atoms with E-state index in [1.165, 1.54) is 92.8 Å². The molecular weight excluding hydrogens is 540 g/mol. The second kappa shape index (κ2) is 10.2. The van der Waals surface area contributed by atoms with Crippen LogP contribution in [0.15, 0.2) is 164 Å². The van der Waals surface area contributed by atoms with E-state index in [0.717, 1.165) is 0 Å². The molecule has 0 aromatic heterocycles. The van der Waals surface area contributed by atoms with Crippen molar-refractivity contribution in [3.05, 3.63) is 169 Å². The van der Waals surface area contributed by atoms with Crippen LogP contribution in [-0.2, 0) is 0 Å². The van der Waals surface area contributed by atoms with Gasteiger partial charge in [-0.3, -0.25) is 0 Å². The highest BCUT2D eigenvalue weighted by Gasteiger charge is 2.21. The van der Waals surface area contributed by atoms with Crippen molar-refractivity contribution in [3.63, 3.8) is 0 Å². The Morgan fingerprint density at radius 2 is 0.689 bits per heavy atom. The second-order valence-corrected chi connectivity index (χ2v) is 12.0. The molecule has 0 nitrogen and oxygen atoms in total. The van der Waals surface area contributed by atoms with Crippen LogP contribution in [0.25, 0.3) is 87.2 Å². The summed E-state index contributed by atoms with van der Waals surface area (Å²) in [5.74, 6) is 0. The summed E-state index contributed by atoms with van der Waals surface area (Å²) in [5, 5.41) is 12.9. The van der Waals surface area contributed by atoms with Crippen LogP contribution in [0.2, 0.25) is 0 Å². The van der Waals surface area contributed by atoms with E-state index in [9.17, 15) is 0 Å². The molecule has 0 atom stereocenters. The van der Waals surface area contributed by atoms with Gasteiger partial charge in [0, 0.05) is 0 Å². The van der Waals surface area contributed by atoms with E-state index in [2.05, 4.69) is 171 Å². The van der Waals surface area contributed by atoms with E-state index >= 15 is 0 Å². The van der Waals surface area contributed by atoms with Gasteiger partial charge in [0.15, 0.2) is 0 Å². The molecule has 0 radical (unpaired) electrons. The Morgan fingerprint density at radius 1 is 0.267 bits per heavy atom. The fraction of sp³-hybridized carbons (Fsp3) is 0.0222. The van der Waals surface area contributed by atoms with Crippen molar-refractivity contribution >= 4 is 53.9 Å². The van der Waals surface area contributed by atoms with Crippen LogP contribution in [-0.4, -0.2) is 0 Å². The van der Waals surface area contributed by atoms with Gasteiger partial charge >= 0.3 is 0 Å². The van der Waals surface area contributed by atoms with Crippen molar-refractivity contribution in [2.75, 3.05) is 0 Å². The van der Waals surface area contributed by atoms with Crippen LogP contribution in [0.3, 0.4) is 0 Å². The molecule has 0 fully saturated rings. The molecule has 9 aromatic carbocycles. The monoisotopic (exact) mass is 570 g/mol. The summed E-state index contributed by atoms with van der Waals surface area (Å²) in [6, 6.07) is 60.2. The molecule has 45 heavy (non-hydrogen) atoms. The van der Waals surface area contributed by atoms with Crippen molar-refractivity contribution in [3.8, 4) is 33.4 Å². The van der Waals surface area contributed by atoms with Crippen LogP contribution in [0.5, 0.6) is 0 Å². The van der Waals surface area contributed by atoms with Crippen molar-refractivity contribution < 1.29 is 0 Å². The lowest BCUT2D eigenvalue weighted by molar-refractivity contribution is 1.58. The predicted molar refractivity (Wildman–Crippen MR) is 195 cm³/mol. The molecule has 0 heterocycles. The van der Waals surface area contributed by atoms with Gasteiger partial charge in [-0.25, -0.2) is 0 Å². The standard InChI is InChI=1S/C45H30/c1-29-32-19-8-10-21-35(32)44(36-22-11-9-20-33(29)36)37-25-14-26-38-34(37)27-28-41-42(30-15-4-2-5-16-30)39-23-12-13-24-40(39)43(45(38)41)31-17-6-3-7-18-31/h2-28H,1H3. The lowest BCUT2D eigenvalue weighted by Gasteiger charge is -2.21. The lowest BCUT2D eigenvalue weighted by atomic mass is 9.82. The second-order valence-electron chi connectivity index (χ2n) is 12.0. The molecule has 0 N–H and O–H groups in total. The SMILES string of the molecule is Cc1c2ccccc2c(-c2cccc3c2ccc2c(-c4ccccc4)c4ccccc4c(-c4ccccc4)c23)c2ccccc12. The summed E-state index contributed by atoms with van der Waals surface area (Å²) in [6.45, 7) is 2.26. The van der Waals surface area contributed by atoms with E-state index in [4.69, 9.17) is 0 Å². The first-order valence-corrected chi connectivity index (χ1v) is 15.7. The smallest absolute Gasteiger partial charge is 0.00139 e. The zero-order chi connectivity index (χ0) is 29.9. The van der Waals surface area contributed by atoms with Gasteiger partial charge in [-0.1, -0.05) is 164 Å². The van der Waals surface area contributed by atoms with E-state index < -0.39 is 0 Å². The van der Waals surface area contributed by atoms with Crippen LogP contribution in [0.4, 0.5) is 0 Å². The number of hydrogen-bond donors (Lipinski definition) is 0. The molecule has 210 valence electrons. The first-order valence-electron chi connectivity index (χ1n) is 15.7. The Hall–Kier alpha value is -5.72. The number of benzene rings is 9. The lowest BCUT2D eigenvalue weighted by Crippen LogP contribution is -1.94. The Bertz CT molecular complexity index is 2520. The summed E-state index contributed by atoms with van der Waals surface area (Å²) >= 11 is 0. The van der Waals surface area contributed by atoms with Gasteiger partial charge in [0.25, 0.3) is 0 Å². The third kappa shape index (κ3) is 3.86. The van der Waals surface area contributed by atoms with Gasteiger partial charge in [-0.2, -0.15) is 0 Å². The van der Waals surface area contributed by atoms with Crippen molar-refractivity contribution in [2.45, 2.75) is 6.92 Å². The molecule has 0 aliphatic heterocycles. The van der Waals surface area contributed by atoms with Crippen LogP contribution >= 0.6 is 0 Å². The molecule has 0 aliphatic carbocycles. The molecule has 0 amide bonds. The van der Waals surface area contributed by atoms with Gasteiger partial charge in [-0.15, -0.1) is 0 Å². The maximum atomic E-state index is 2.38. The van der Waals surface area contributed by atoms with Gasteiger partial charge in [0.05, 0.1) is 0 Å². The minimum Gasteiger partial charge on any atom is -0.0622 e. The number of aryl methyl sites for hydroxylation is 1. The molecule has 9 aromatic rings. The largest absolute Gasteiger partial charge is 0.0622 e. The summed E-state index contributed by atoms with van der Waals surface area (Å²) in [6.07, 6.45) is 0. The molecule has 0 aliphatic rings. The minimum absolute atomic E-state index is 1.24. The third-order valence-corrected chi connectivity index (χ3v) is 9.64. The summed E-state index contributed by atoms with van der Waals surface area (Å²) in [4.78, 5) is 0. The molecular formula is C45H30. The van der Waals surface area contributed by atoms with Crippen LogP contribution in [0.1, 0.15) is 5.56 Å². The third-order valence-electron chi connectivity index (χ3n) is 9.64. The zero-order valence-electron chi connectivity index (χ0n) is 25.1. The van der Waals surface area contributed by atoms with Gasteiger partial charge in [-0.05, 0) is 99.7 Å². The molecule has 0 spiro atoms. The molecule has 0 bridgehead atoms. The minimum atomic E-state index is 1.24.